The number of amides is 1. The summed E-state index contributed by atoms with van der Waals surface area (Å²) in [6.07, 6.45) is 0.409. The largest absolute Gasteiger partial charge is 0.344 e. The van der Waals surface area contributed by atoms with Crippen LogP contribution in [0, 0.1) is 0 Å². The molecule has 80 valence electrons. The van der Waals surface area contributed by atoms with Crippen molar-refractivity contribution >= 4 is 22.0 Å². The van der Waals surface area contributed by atoms with Gasteiger partial charge in [0.2, 0.25) is 0 Å². The van der Waals surface area contributed by atoms with Crippen molar-refractivity contribution in [2.75, 3.05) is 14.1 Å². The second-order valence-corrected chi connectivity index (χ2v) is 4.03. The lowest BCUT2D eigenvalue weighted by atomic mass is 10.1. The van der Waals surface area contributed by atoms with Crippen LogP contribution < -0.4 is 0 Å². The van der Waals surface area contributed by atoms with Crippen molar-refractivity contribution in [2.45, 2.75) is 6.42 Å². The molecule has 0 aliphatic carbocycles. The normalized spacial score (nSPS) is 9.47. The quantitative estimate of drug-likeness (QED) is 0.707. The number of nitrogens with zero attached hydrogens (tertiary/aromatic N) is 1. The summed E-state index contributed by atoms with van der Waals surface area (Å²) >= 11 is 0.277. The molecule has 0 aliphatic rings. The van der Waals surface area contributed by atoms with Crippen LogP contribution in [0.3, 0.4) is 0 Å². The Bertz CT molecular complexity index is 394. The third kappa shape index (κ3) is 3.32. The zero-order valence-corrected chi connectivity index (χ0v) is 9.58. The van der Waals surface area contributed by atoms with E-state index in [1.807, 2.05) is 30.3 Å². The lowest BCUT2D eigenvalue weighted by Gasteiger charge is -2.10. The van der Waals surface area contributed by atoms with Crippen LogP contribution in [0.25, 0.3) is 0 Å². The lowest BCUT2D eigenvalue weighted by Crippen LogP contribution is -2.31. The van der Waals surface area contributed by atoms with Crippen LogP contribution in [0.4, 0.5) is 0 Å². The monoisotopic (exact) mass is 223 g/mol. The molecule has 0 radical (unpaired) electrons. The van der Waals surface area contributed by atoms with E-state index >= 15 is 0 Å². The van der Waals surface area contributed by atoms with Gasteiger partial charge in [-0.15, -0.1) is 0 Å². The van der Waals surface area contributed by atoms with E-state index in [0.717, 1.165) is 5.56 Å². The van der Waals surface area contributed by atoms with E-state index in [-0.39, 0.29) is 17.2 Å². The predicted molar refractivity (Wildman–Crippen MR) is 62.0 cm³/mol. The molecule has 3 nitrogen and oxygen atoms in total. The molecule has 0 bridgehead atoms. The van der Waals surface area contributed by atoms with E-state index in [1.165, 1.54) is 4.90 Å². The molecule has 0 saturated carbocycles. The Balaban J connectivity index is 2.81. The van der Waals surface area contributed by atoms with Crippen molar-refractivity contribution in [2.24, 2.45) is 0 Å². The van der Waals surface area contributed by atoms with Crippen molar-refractivity contribution < 1.29 is 9.00 Å². The van der Waals surface area contributed by atoms with Gasteiger partial charge in [0, 0.05) is 20.5 Å². The van der Waals surface area contributed by atoms with Crippen LogP contribution in [0.2, 0.25) is 0 Å². The van der Waals surface area contributed by atoms with Crippen LogP contribution in [0.15, 0.2) is 30.3 Å². The number of hydrogen-bond donors (Lipinski definition) is 0. The first kappa shape index (κ1) is 11.7. The summed E-state index contributed by atoms with van der Waals surface area (Å²) in [5, 5.41) is 0. The molecular formula is C11H13NO2S. The van der Waals surface area contributed by atoms with Gasteiger partial charge < -0.3 is 4.90 Å². The summed E-state index contributed by atoms with van der Waals surface area (Å²) in [7, 11) is 3.28. The number of rotatable bonds is 3. The fourth-order valence-corrected chi connectivity index (χ4v) is 1.65. The Kier molecular flexibility index (Phi) is 4.24. The zero-order chi connectivity index (χ0) is 11.3. The number of hydrogen-bond acceptors (Lipinski definition) is 2. The van der Waals surface area contributed by atoms with Crippen molar-refractivity contribution in [3.05, 3.63) is 35.9 Å². The third-order valence-corrected chi connectivity index (χ3v) is 2.47. The predicted octanol–water partition coefficient (Wildman–Crippen LogP) is 0.703. The Labute approximate surface area is 92.8 Å². The van der Waals surface area contributed by atoms with Gasteiger partial charge in [-0.25, -0.2) is 4.21 Å². The minimum absolute atomic E-state index is 0.209. The van der Waals surface area contributed by atoms with Gasteiger partial charge >= 0.3 is 0 Å². The van der Waals surface area contributed by atoms with Gasteiger partial charge in [0.05, 0.1) is 11.3 Å². The average molecular weight is 223 g/mol. The summed E-state index contributed by atoms with van der Waals surface area (Å²) in [4.78, 5) is 13.3. The molecule has 0 unspecified atom stereocenters. The van der Waals surface area contributed by atoms with Crippen molar-refractivity contribution in [3.8, 4) is 0 Å². The Hall–Kier alpha value is -1.42. The van der Waals surface area contributed by atoms with Gasteiger partial charge in [-0.05, 0) is 5.56 Å². The van der Waals surface area contributed by atoms with Gasteiger partial charge in [-0.1, -0.05) is 30.3 Å². The van der Waals surface area contributed by atoms with Crippen LogP contribution in [-0.2, 0) is 22.5 Å². The molecule has 15 heavy (non-hydrogen) atoms. The number of benzene rings is 1. The summed E-state index contributed by atoms with van der Waals surface area (Å²) in [5.41, 5.74) is 0.978. The molecule has 0 fully saturated rings. The summed E-state index contributed by atoms with van der Waals surface area (Å²) in [6.45, 7) is 0. The molecule has 0 spiro atoms. The van der Waals surface area contributed by atoms with Crippen LogP contribution in [0.5, 0.6) is 0 Å². The van der Waals surface area contributed by atoms with Gasteiger partial charge in [-0.2, -0.15) is 0 Å². The standard InChI is InChI=1S/C11H13NO2S/c1-12(2)11(13)10(15-14)8-9-6-4-3-5-7-9/h3-7H,8H2,1-2H3. The van der Waals surface area contributed by atoms with Gasteiger partial charge in [0.1, 0.15) is 4.86 Å². The fourth-order valence-electron chi connectivity index (χ4n) is 1.17. The zero-order valence-electron chi connectivity index (χ0n) is 8.77. The van der Waals surface area contributed by atoms with Crippen LogP contribution in [0.1, 0.15) is 5.56 Å². The number of carbonyl (C=O) groups is 1. The third-order valence-electron chi connectivity index (χ3n) is 1.95. The van der Waals surface area contributed by atoms with E-state index in [0.29, 0.717) is 11.3 Å². The van der Waals surface area contributed by atoms with Crippen LogP contribution >= 0.6 is 0 Å². The van der Waals surface area contributed by atoms with E-state index in [1.54, 1.807) is 14.1 Å². The first-order valence-electron chi connectivity index (χ1n) is 4.56. The highest BCUT2D eigenvalue weighted by molar-refractivity contribution is 7.68. The average Bonchev–Trinajstić information content (AvgIpc) is 2.26. The molecule has 0 aromatic heterocycles. The highest BCUT2D eigenvalue weighted by Crippen LogP contribution is 2.01. The molecule has 0 heterocycles. The van der Waals surface area contributed by atoms with Crippen molar-refractivity contribution in [1.82, 2.24) is 4.90 Å². The first-order valence-corrected chi connectivity index (χ1v) is 5.30. The SMILES string of the molecule is CN(C)C(=O)C(Cc1ccccc1)=S=O. The Morgan fingerprint density at radius 3 is 2.33 bits per heavy atom. The maximum Gasteiger partial charge on any atom is 0.262 e. The molecule has 4 heteroatoms. The summed E-state index contributed by atoms with van der Waals surface area (Å²) in [6, 6.07) is 9.49. The van der Waals surface area contributed by atoms with E-state index in [2.05, 4.69) is 0 Å². The van der Waals surface area contributed by atoms with Crippen molar-refractivity contribution in [1.29, 1.82) is 0 Å². The minimum atomic E-state index is -0.209. The molecule has 1 aromatic carbocycles. The second kappa shape index (κ2) is 5.46. The summed E-state index contributed by atoms with van der Waals surface area (Å²) in [5.74, 6) is -0.209. The van der Waals surface area contributed by atoms with E-state index < -0.39 is 0 Å². The molecule has 0 atom stereocenters. The fraction of sp³-hybridized carbons (Fsp3) is 0.273. The maximum atomic E-state index is 11.5. The first-order chi connectivity index (χ1) is 7.15. The van der Waals surface area contributed by atoms with E-state index in [4.69, 9.17) is 0 Å². The minimum Gasteiger partial charge on any atom is -0.344 e. The Morgan fingerprint density at radius 1 is 1.27 bits per heavy atom. The molecular weight excluding hydrogens is 210 g/mol. The van der Waals surface area contributed by atoms with Gasteiger partial charge in [-0.3, -0.25) is 4.79 Å². The lowest BCUT2D eigenvalue weighted by molar-refractivity contribution is -0.121. The molecule has 0 N–H and O–H groups in total. The van der Waals surface area contributed by atoms with Crippen LogP contribution in [-0.4, -0.2) is 34.0 Å². The van der Waals surface area contributed by atoms with Gasteiger partial charge in [0.25, 0.3) is 5.91 Å². The Morgan fingerprint density at radius 2 is 1.87 bits per heavy atom. The van der Waals surface area contributed by atoms with Gasteiger partial charge in [0.15, 0.2) is 0 Å². The molecule has 0 saturated heterocycles. The molecule has 1 aromatic rings. The number of carbonyl (C=O) groups excluding carboxylic acids is 1. The second-order valence-electron chi connectivity index (χ2n) is 3.37. The maximum absolute atomic E-state index is 11.5. The van der Waals surface area contributed by atoms with E-state index in [9.17, 15) is 9.00 Å². The topological polar surface area (TPSA) is 37.4 Å². The smallest absolute Gasteiger partial charge is 0.262 e. The summed E-state index contributed by atoms with van der Waals surface area (Å²) < 4.78 is 10.8. The molecule has 1 amide bonds. The highest BCUT2D eigenvalue weighted by atomic mass is 32.1. The van der Waals surface area contributed by atoms with Crippen molar-refractivity contribution in [3.63, 3.8) is 0 Å². The molecule has 1 rings (SSSR count). The highest BCUT2D eigenvalue weighted by Gasteiger charge is 2.13. The molecule has 0 aliphatic heterocycles.